The monoisotopic (exact) mass is 301 g/mol. The number of hydrogen-bond acceptors (Lipinski definition) is 1. The zero-order valence-electron chi connectivity index (χ0n) is 14.3. The Bertz CT molecular complexity index is 851. The maximum atomic E-state index is 7.82. The molecule has 0 amide bonds. The predicted molar refractivity (Wildman–Crippen MR) is 100 cm³/mol. The SMILES string of the molecule is CC1=CCC(c2c(C=N)cccc2-c2ccc(C)c(C)c2C)=C1. The molecule has 0 aliphatic heterocycles. The Morgan fingerprint density at radius 2 is 1.70 bits per heavy atom. The predicted octanol–water partition coefficient (Wildman–Crippen LogP) is 6.01. The molecule has 0 heterocycles. The molecule has 0 bridgehead atoms. The maximum absolute atomic E-state index is 7.82. The average molecular weight is 301 g/mol. The first-order valence-corrected chi connectivity index (χ1v) is 8.11. The number of aryl methyl sites for hydroxylation is 1. The third-order valence-corrected chi connectivity index (χ3v) is 4.97. The smallest absolute Gasteiger partial charge is 0.0256 e. The van der Waals surface area contributed by atoms with Gasteiger partial charge in [-0.1, -0.05) is 48.1 Å². The van der Waals surface area contributed by atoms with Crippen LogP contribution in [-0.2, 0) is 0 Å². The van der Waals surface area contributed by atoms with Crippen molar-refractivity contribution in [1.29, 1.82) is 5.41 Å². The van der Waals surface area contributed by atoms with Crippen molar-refractivity contribution in [1.82, 2.24) is 0 Å². The minimum absolute atomic E-state index is 0.952. The zero-order valence-corrected chi connectivity index (χ0v) is 14.3. The Labute approximate surface area is 138 Å². The fourth-order valence-corrected chi connectivity index (χ4v) is 3.36. The lowest BCUT2D eigenvalue weighted by Crippen LogP contribution is -1.98. The first-order valence-electron chi connectivity index (χ1n) is 8.11. The molecule has 2 aromatic carbocycles. The third kappa shape index (κ3) is 2.68. The van der Waals surface area contributed by atoms with Crippen molar-refractivity contribution < 1.29 is 0 Å². The molecule has 0 spiro atoms. The molecule has 0 atom stereocenters. The van der Waals surface area contributed by atoms with E-state index in [9.17, 15) is 0 Å². The van der Waals surface area contributed by atoms with Crippen LogP contribution >= 0.6 is 0 Å². The van der Waals surface area contributed by atoms with Gasteiger partial charge in [0, 0.05) is 11.8 Å². The van der Waals surface area contributed by atoms with Crippen LogP contribution in [0, 0.1) is 26.2 Å². The molecule has 1 aliphatic rings. The van der Waals surface area contributed by atoms with E-state index in [-0.39, 0.29) is 0 Å². The van der Waals surface area contributed by atoms with E-state index < -0.39 is 0 Å². The molecule has 0 saturated carbocycles. The highest BCUT2D eigenvalue weighted by molar-refractivity contribution is 5.95. The van der Waals surface area contributed by atoms with Crippen LogP contribution in [0.25, 0.3) is 16.7 Å². The number of benzene rings is 2. The number of allylic oxidation sites excluding steroid dienone is 4. The van der Waals surface area contributed by atoms with Crippen molar-refractivity contribution >= 4 is 11.8 Å². The lowest BCUT2D eigenvalue weighted by atomic mass is 9.86. The highest BCUT2D eigenvalue weighted by Gasteiger charge is 2.17. The summed E-state index contributed by atoms with van der Waals surface area (Å²) < 4.78 is 0. The van der Waals surface area contributed by atoms with Gasteiger partial charge in [0.1, 0.15) is 0 Å². The van der Waals surface area contributed by atoms with Crippen molar-refractivity contribution in [2.45, 2.75) is 34.1 Å². The Kier molecular flexibility index (Phi) is 4.04. The molecule has 3 rings (SSSR count). The number of hydrogen-bond donors (Lipinski definition) is 1. The Morgan fingerprint density at radius 1 is 0.913 bits per heavy atom. The van der Waals surface area contributed by atoms with Crippen LogP contribution in [-0.4, -0.2) is 6.21 Å². The molecule has 1 nitrogen and oxygen atoms in total. The normalized spacial score (nSPS) is 13.7. The third-order valence-electron chi connectivity index (χ3n) is 4.97. The molecule has 116 valence electrons. The second-order valence-electron chi connectivity index (χ2n) is 6.42. The largest absolute Gasteiger partial charge is 0.308 e. The summed E-state index contributed by atoms with van der Waals surface area (Å²) in [7, 11) is 0. The molecule has 2 aromatic rings. The first kappa shape index (κ1) is 15.5. The van der Waals surface area contributed by atoms with Crippen molar-refractivity contribution in [2.24, 2.45) is 0 Å². The van der Waals surface area contributed by atoms with E-state index in [1.807, 2.05) is 6.07 Å². The lowest BCUT2D eigenvalue weighted by molar-refractivity contribution is 1.26. The highest BCUT2D eigenvalue weighted by atomic mass is 14.3. The minimum atomic E-state index is 0.952. The fraction of sp³-hybridized carbons (Fsp3) is 0.227. The fourth-order valence-electron chi connectivity index (χ4n) is 3.36. The Balaban J connectivity index is 2.27. The van der Waals surface area contributed by atoms with Gasteiger partial charge in [-0.05, 0) is 73.1 Å². The van der Waals surface area contributed by atoms with E-state index in [2.05, 4.69) is 64.1 Å². The summed E-state index contributed by atoms with van der Waals surface area (Å²) in [5.41, 5.74) is 11.3. The van der Waals surface area contributed by atoms with Crippen LogP contribution < -0.4 is 0 Å². The van der Waals surface area contributed by atoms with E-state index in [1.165, 1.54) is 50.7 Å². The second-order valence-corrected chi connectivity index (χ2v) is 6.42. The summed E-state index contributed by atoms with van der Waals surface area (Å²) in [6, 6.07) is 10.7. The average Bonchev–Trinajstić information content (AvgIpc) is 2.98. The van der Waals surface area contributed by atoms with E-state index in [1.54, 1.807) is 0 Å². The van der Waals surface area contributed by atoms with Gasteiger partial charge in [0.15, 0.2) is 0 Å². The molecular formula is C22H23N. The molecule has 0 saturated heterocycles. The van der Waals surface area contributed by atoms with Gasteiger partial charge in [0.05, 0.1) is 0 Å². The number of nitrogens with one attached hydrogen (secondary N) is 1. The Hall–Kier alpha value is -2.41. The minimum Gasteiger partial charge on any atom is -0.308 e. The molecular weight excluding hydrogens is 278 g/mol. The van der Waals surface area contributed by atoms with Crippen molar-refractivity contribution in [3.05, 3.63) is 75.9 Å². The number of rotatable bonds is 3. The van der Waals surface area contributed by atoms with Crippen LogP contribution in [0.15, 0.2) is 48.1 Å². The summed E-state index contributed by atoms with van der Waals surface area (Å²) >= 11 is 0. The molecule has 1 aliphatic carbocycles. The van der Waals surface area contributed by atoms with Crippen molar-refractivity contribution in [3.63, 3.8) is 0 Å². The van der Waals surface area contributed by atoms with Crippen LogP contribution in [0.1, 0.15) is 41.2 Å². The summed E-state index contributed by atoms with van der Waals surface area (Å²) in [6.45, 7) is 8.69. The van der Waals surface area contributed by atoms with Crippen LogP contribution in [0.5, 0.6) is 0 Å². The van der Waals surface area contributed by atoms with Gasteiger partial charge in [0.2, 0.25) is 0 Å². The first-order chi connectivity index (χ1) is 11.0. The van der Waals surface area contributed by atoms with E-state index in [0.717, 1.165) is 12.0 Å². The second kappa shape index (κ2) is 6.00. The van der Waals surface area contributed by atoms with Gasteiger partial charge in [-0.15, -0.1) is 0 Å². The Morgan fingerprint density at radius 3 is 2.35 bits per heavy atom. The van der Waals surface area contributed by atoms with Crippen molar-refractivity contribution in [3.8, 4) is 11.1 Å². The van der Waals surface area contributed by atoms with Gasteiger partial charge in [-0.25, -0.2) is 0 Å². The van der Waals surface area contributed by atoms with Gasteiger partial charge in [-0.3, -0.25) is 0 Å². The quantitative estimate of drug-likeness (QED) is 0.671. The highest BCUT2D eigenvalue weighted by Crippen LogP contribution is 2.38. The lowest BCUT2D eigenvalue weighted by Gasteiger charge is -2.18. The molecule has 0 radical (unpaired) electrons. The standard InChI is InChI=1S/C22H23N/c1-14-8-10-18(12-14)22-19(13-23)6-5-7-21(22)20-11-9-15(2)16(3)17(20)4/h5-9,11-13,23H,10H2,1-4H3. The van der Waals surface area contributed by atoms with E-state index in [4.69, 9.17) is 5.41 Å². The molecule has 0 unspecified atom stereocenters. The van der Waals surface area contributed by atoms with Crippen molar-refractivity contribution in [2.75, 3.05) is 0 Å². The van der Waals surface area contributed by atoms with Crippen LogP contribution in [0.4, 0.5) is 0 Å². The van der Waals surface area contributed by atoms with Gasteiger partial charge < -0.3 is 5.41 Å². The maximum Gasteiger partial charge on any atom is 0.0256 e. The molecule has 1 N–H and O–H groups in total. The molecule has 0 fully saturated rings. The van der Waals surface area contributed by atoms with Gasteiger partial charge in [-0.2, -0.15) is 0 Å². The van der Waals surface area contributed by atoms with Crippen LogP contribution in [0.3, 0.4) is 0 Å². The summed E-state index contributed by atoms with van der Waals surface area (Å²) in [5, 5.41) is 7.82. The van der Waals surface area contributed by atoms with E-state index in [0.29, 0.717) is 0 Å². The van der Waals surface area contributed by atoms with Gasteiger partial charge >= 0.3 is 0 Å². The van der Waals surface area contributed by atoms with E-state index >= 15 is 0 Å². The molecule has 1 heteroatoms. The van der Waals surface area contributed by atoms with Gasteiger partial charge in [0.25, 0.3) is 0 Å². The zero-order chi connectivity index (χ0) is 16.6. The topological polar surface area (TPSA) is 23.9 Å². The molecule has 0 aromatic heterocycles. The summed E-state index contributed by atoms with van der Waals surface area (Å²) in [6.07, 6.45) is 6.94. The summed E-state index contributed by atoms with van der Waals surface area (Å²) in [4.78, 5) is 0. The van der Waals surface area contributed by atoms with Crippen LogP contribution in [0.2, 0.25) is 0 Å². The summed E-state index contributed by atoms with van der Waals surface area (Å²) in [5.74, 6) is 0. The molecule has 23 heavy (non-hydrogen) atoms.